The first-order valence-corrected chi connectivity index (χ1v) is 8.07. The van der Waals surface area contributed by atoms with Crippen LogP contribution in [0.25, 0.3) is 0 Å². The Bertz CT molecular complexity index is 787. The van der Waals surface area contributed by atoms with Gasteiger partial charge < -0.3 is 20.1 Å². The maximum atomic E-state index is 12.3. The van der Waals surface area contributed by atoms with Crippen LogP contribution in [0.1, 0.15) is 29.8 Å². The van der Waals surface area contributed by atoms with E-state index < -0.39 is 0 Å². The van der Waals surface area contributed by atoms with Crippen LogP contribution in [0.5, 0.6) is 11.5 Å². The number of amides is 1. The average molecular weight is 340 g/mol. The molecule has 0 fully saturated rings. The Morgan fingerprint density at radius 2 is 1.80 bits per heavy atom. The SMILES string of the molecule is CC(=O)c1ccc(NC(=O)[C@@H](C)NCc2ccc3c(c2)OCO3)cc1. The van der Waals surface area contributed by atoms with Gasteiger partial charge >= 0.3 is 0 Å². The summed E-state index contributed by atoms with van der Waals surface area (Å²) in [5, 5.41) is 6.01. The molecule has 2 aromatic rings. The molecule has 1 heterocycles. The molecule has 3 rings (SSSR count). The zero-order valence-corrected chi connectivity index (χ0v) is 14.2. The largest absolute Gasteiger partial charge is 0.454 e. The lowest BCUT2D eigenvalue weighted by molar-refractivity contribution is -0.117. The van der Waals surface area contributed by atoms with E-state index in [2.05, 4.69) is 10.6 Å². The molecule has 1 aliphatic rings. The van der Waals surface area contributed by atoms with Gasteiger partial charge in [0.2, 0.25) is 12.7 Å². The number of ether oxygens (including phenoxy) is 2. The van der Waals surface area contributed by atoms with Crippen molar-refractivity contribution in [1.29, 1.82) is 0 Å². The number of ketones is 1. The van der Waals surface area contributed by atoms with Gasteiger partial charge in [-0.1, -0.05) is 6.07 Å². The van der Waals surface area contributed by atoms with E-state index >= 15 is 0 Å². The van der Waals surface area contributed by atoms with Crippen molar-refractivity contribution in [2.45, 2.75) is 26.4 Å². The van der Waals surface area contributed by atoms with Gasteiger partial charge in [0.15, 0.2) is 17.3 Å². The number of rotatable bonds is 6. The van der Waals surface area contributed by atoms with Crippen LogP contribution in [0.2, 0.25) is 0 Å². The second-order valence-electron chi connectivity index (χ2n) is 5.91. The van der Waals surface area contributed by atoms with Crippen molar-refractivity contribution in [3.63, 3.8) is 0 Å². The van der Waals surface area contributed by atoms with Gasteiger partial charge in [0.1, 0.15) is 0 Å². The standard InChI is InChI=1S/C19H20N2O4/c1-12(19(23)21-16-6-4-15(5-7-16)13(2)22)20-10-14-3-8-17-18(9-14)25-11-24-17/h3-9,12,20H,10-11H2,1-2H3,(H,21,23)/t12-/m1/s1. The summed E-state index contributed by atoms with van der Waals surface area (Å²) < 4.78 is 10.6. The zero-order chi connectivity index (χ0) is 17.8. The van der Waals surface area contributed by atoms with Gasteiger partial charge in [-0.3, -0.25) is 9.59 Å². The number of fused-ring (bicyclic) bond motifs is 1. The fraction of sp³-hybridized carbons (Fsp3) is 0.263. The maximum Gasteiger partial charge on any atom is 0.241 e. The molecule has 25 heavy (non-hydrogen) atoms. The molecule has 2 aromatic carbocycles. The molecular weight excluding hydrogens is 320 g/mol. The summed E-state index contributed by atoms with van der Waals surface area (Å²) in [6.45, 7) is 4.09. The molecule has 0 unspecified atom stereocenters. The van der Waals surface area contributed by atoms with Crippen molar-refractivity contribution in [2.24, 2.45) is 0 Å². The summed E-state index contributed by atoms with van der Waals surface area (Å²) in [5.41, 5.74) is 2.29. The average Bonchev–Trinajstić information content (AvgIpc) is 3.07. The molecule has 6 heteroatoms. The van der Waals surface area contributed by atoms with Crippen molar-refractivity contribution in [3.05, 3.63) is 53.6 Å². The number of anilines is 1. The number of nitrogens with one attached hydrogen (secondary N) is 2. The van der Waals surface area contributed by atoms with Crippen molar-refractivity contribution >= 4 is 17.4 Å². The molecule has 0 saturated heterocycles. The molecular formula is C19H20N2O4. The minimum atomic E-state index is -0.377. The lowest BCUT2D eigenvalue weighted by Crippen LogP contribution is -2.37. The summed E-state index contributed by atoms with van der Waals surface area (Å²) in [6, 6.07) is 12.2. The highest BCUT2D eigenvalue weighted by Crippen LogP contribution is 2.32. The Hall–Kier alpha value is -2.86. The van der Waals surface area contributed by atoms with Crippen LogP contribution >= 0.6 is 0 Å². The van der Waals surface area contributed by atoms with Crippen LogP contribution in [0.3, 0.4) is 0 Å². The minimum absolute atomic E-state index is 0.00311. The highest BCUT2D eigenvalue weighted by atomic mass is 16.7. The lowest BCUT2D eigenvalue weighted by Gasteiger charge is -2.14. The van der Waals surface area contributed by atoms with E-state index in [-0.39, 0.29) is 24.5 Å². The third kappa shape index (κ3) is 4.16. The van der Waals surface area contributed by atoms with Crippen molar-refractivity contribution in [2.75, 3.05) is 12.1 Å². The van der Waals surface area contributed by atoms with Crippen LogP contribution in [-0.4, -0.2) is 24.5 Å². The lowest BCUT2D eigenvalue weighted by atomic mass is 10.1. The number of carbonyl (C=O) groups excluding carboxylic acids is 2. The number of hydrogen-bond acceptors (Lipinski definition) is 5. The van der Waals surface area contributed by atoms with E-state index in [1.54, 1.807) is 31.2 Å². The van der Waals surface area contributed by atoms with E-state index in [0.29, 0.717) is 17.8 Å². The van der Waals surface area contributed by atoms with Crippen LogP contribution in [0.15, 0.2) is 42.5 Å². The molecule has 1 aliphatic heterocycles. The molecule has 0 radical (unpaired) electrons. The van der Waals surface area contributed by atoms with Gasteiger partial charge in [-0.25, -0.2) is 0 Å². The Balaban J connectivity index is 1.53. The first-order valence-electron chi connectivity index (χ1n) is 8.07. The van der Waals surface area contributed by atoms with E-state index in [4.69, 9.17) is 9.47 Å². The Kier molecular flexibility index (Phi) is 5.00. The van der Waals surface area contributed by atoms with Crippen molar-refractivity contribution < 1.29 is 19.1 Å². The number of carbonyl (C=O) groups is 2. The second-order valence-corrected chi connectivity index (χ2v) is 5.91. The number of benzene rings is 2. The van der Waals surface area contributed by atoms with Crippen LogP contribution in [0, 0.1) is 0 Å². The number of Topliss-reactive ketones (excluding diaryl/α,β-unsaturated/α-hetero) is 1. The zero-order valence-electron chi connectivity index (χ0n) is 14.2. The molecule has 1 amide bonds. The first-order chi connectivity index (χ1) is 12.0. The fourth-order valence-corrected chi connectivity index (χ4v) is 2.45. The first kappa shape index (κ1) is 17.0. The summed E-state index contributed by atoms with van der Waals surface area (Å²) in [5.74, 6) is 1.32. The molecule has 0 aromatic heterocycles. The number of hydrogen-bond donors (Lipinski definition) is 2. The monoisotopic (exact) mass is 340 g/mol. The van der Waals surface area contributed by atoms with Crippen molar-refractivity contribution in [3.8, 4) is 11.5 Å². The van der Waals surface area contributed by atoms with Gasteiger partial charge in [-0.15, -0.1) is 0 Å². The Morgan fingerprint density at radius 1 is 1.08 bits per heavy atom. The maximum absolute atomic E-state index is 12.3. The normalized spacial score (nSPS) is 13.4. The van der Waals surface area contributed by atoms with Crippen LogP contribution < -0.4 is 20.1 Å². The molecule has 130 valence electrons. The third-order valence-electron chi connectivity index (χ3n) is 4.00. The smallest absolute Gasteiger partial charge is 0.241 e. The van der Waals surface area contributed by atoms with Gasteiger partial charge in [-0.05, 0) is 55.8 Å². The molecule has 6 nitrogen and oxygen atoms in total. The van der Waals surface area contributed by atoms with Crippen LogP contribution in [0.4, 0.5) is 5.69 Å². The molecule has 0 aliphatic carbocycles. The van der Waals surface area contributed by atoms with Gasteiger partial charge in [0.05, 0.1) is 6.04 Å². The Morgan fingerprint density at radius 3 is 2.52 bits per heavy atom. The predicted molar refractivity (Wildman–Crippen MR) is 93.9 cm³/mol. The molecule has 2 N–H and O–H groups in total. The minimum Gasteiger partial charge on any atom is -0.454 e. The van der Waals surface area contributed by atoms with E-state index in [9.17, 15) is 9.59 Å². The highest BCUT2D eigenvalue weighted by Gasteiger charge is 2.15. The van der Waals surface area contributed by atoms with Crippen LogP contribution in [-0.2, 0) is 11.3 Å². The molecule has 0 spiro atoms. The summed E-state index contributed by atoms with van der Waals surface area (Å²) in [6.07, 6.45) is 0. The van der Waals surface area contributed by atoms with Gasteiger partial charge in [-0.2, -0.15) is 0 Å². The van der Waals surface area contributed by atoms with Gasteiger partial charge in [0.25, 0.3) is 0 Å². The summed E-state index contributed by atoms with van der Waals surface area (Å²) in [4.78, 5) is 23.5. The van der Waals surface area contributed by atoms with E-state index in [0.717, 1.165) is 17.1 Å². The van der Waals surface area contributed by atoms with E-state index in [1.807, 2.05) is 18.2 Å². The second kappa shape index (κ2) is 7.36. The summed E-state index contributed by atoms with van der Waals surface area (Å²) in [7, 11) is 0. The fourth-order valence-electron chi connectivity index (χ4n) is 2.45. The predicted octanol–water partition coefficient (Wildman–Crippen LogP) is 2.73. The molecule has 0 saturated carbocycles. The third-order valence-corrected chi connectivity index (χ3v) is 4.00. The van der Waals surface area contributed by atoms with E-state index in [1.165, 1.54) is 6.92 Å². The molecule has 1 atom stereocenters. The van der Waals surface area contributed by atoms with Gasteiger partial charge in [0, 0.05) is 17.8 Å². The Labute approximate surface area is 146 Å². The summed E-state index contributed by atoms with van der Waals surface area (Å²) >= 11 is 0. The highest BCUT2D eigenvalue weighted by molar-refractivity contribution is 5.96. The quantitative estimate of drug-likeness (QED) is 0.791. The van der Waals surface area contributed by atoms with Crippen molar-refractivity contribution in [1.82, 2.24) is 5.32 Å². The molecule has 0 bridgehead atoms. The topological polar surface area (TPSA) is 76.7 Å².